The highest BCUT2D eigenvalue weighted by molar-refractivity contribution is 5.94. The zero-order valence-electron chi connectivity index (χ0n) is 14.1. The van der Waals surface area contributed by atoms with Crippen molar-refractivity contribution < 1.29 is 27.5 Å². The van der Waals surface area contributed by atoms with Crippen molar-refractivity contribution in [3.63, 3.8) is 0 Å². The SMILES string of the molecule is COC(=O)C(C)CN(CCN(C)C)C(=O)c1ccc(F)c(F)c1F. The lowest BCUT2D eigenvalue weighted by atomic mass is 10.1. The maximum Gasteiger partial charge on any atom is 0.310 e. The molecule has 0 fully saturated rings. The van der Waals surface area contributed by atoms with E-state index >= 15 is 0 Å². The van der Waals surface area contributed by atoms with E-state index in [1.807, 2.05) is 0 Å². The number of benzene rings is 1. The number of carbonyl (C=O) groups is 2. The molecule has 1 atom stereocenters. The number of esters is 1. The van der Waals surface area contributed by atoms with E-state index in [0.29, 0.717) is 12.6 Å². The Hall–Kier alpha value is -2.09. The van der Waals surface area contributed by atoms with Crippen molar-refractivity contribution in [2.75, 3.05) is 40.8 Å². The molecule has 0 N–H and O–H groups in total. The first-order chi connectivity index (χ1) is 11.2. The molecule has 0 bridgehead atoms. The molecule has 0 aliphatic carbocycles. The van der Waals surface area contributed by atoms with Gasteiger partial charge in [0, 0.05) is 19.6 Å². The summed E-state index contributed by atoms with van der Waals surface area (Å²) >= 11 is 0. The predicted molar refractivity (Wildman–Crippen MR) is 82.0 cm³/mol. The number of carbonyl (C=O) groups excluding carboxylic acids is 2. The second-order valence-electron chi connectivity index (χ2n) is 5.70. The Bertz CT molecular complexity index is 608. The molecule has 1 unspecified atom stereocenters. The highest BCUT2D eigenvalue weighted by atomic mass is 19.2. The van der Waals surface area contributed by atoms with Crippen LogP contribution in [0.15, 0.2) is 12.1 Å². The largest absolute Gasteiger partial charge is 0.469 e. The van der Waals surface area contributed by atoms with Crippen LogP contribution in [0.5, 0.6) is 0 Å². The normalized spacial score (nSPS) is 12.2. The minimum atomic E-state index is -1.70. The molecule has 24 heavy (non-hydrogen) atoms. The topological polar surface area (TPSA) is 49.9 Å². The first-order valence-corrected chi connectivity index (χ1v) is 7.34. The minimum absolute atomic E-state index is 0.0300. The van der Waals surface area contributed by atoms with Gasteiger partial charge < -0.3 is 14.5 Å². The van der Waals surface area contributed by atoms with Crippen molar-refractivity contribution in [1.29, 1.82) is 0 Å². The summed E-state index contributed by atoms with van der Waals surface area (Å²) in [7, 11) is 4.79. The van der Waals surface area contributed by atoms with Crippen molar-refractivity contribution in [2.24, 2.45) is 5.92 Å². The van der Waals surface area contributed by atoms with E-state index in [2.05, 4.69) is 4.74 Å². The summed E-state index contributed by atoms with van der Waals surface area (Å²) in [5.74, 6) is -6.59. The smallest absolute Gasteiger partial charge is 0.310 e. The third-order valence-corrected chi connectivity index (χ3v) is 3.47. The Morgan fingerprint density at radius 2 is 1.75 bits per heavy atom. The third-order valence-electron chi connectivity index (χ3n) is 3.47. The van der Waals surface area contributed by atoms with E-state index in [1.54, 1.807) is 25.9 Å². The van der Waals surface area contributed by atoms with Crippen LogP contribution in [0.3, 0.4) is 0 Å². The lowest BCUT2D eigenvalue weighted by Gasteiger charge is -2.26. The molecule has 1 aromatic carbocycles. The number of halogens is 3. The van der Waals surface area contributed by atoms with E-state index in [4.69, 9.17) is 0 Å². The summed E-state index contributed by atoms with van der Waals surface area (Å²) < 4.78 is 44.9. The molecular formula is C16H21F3N2O3. The molecule has 0 aliphatic heterocycles. The second-order valence-corrected chi connectivity index (χ2v) is 5.70. The van der Waals surface area contributed by atoms with Crippen LogP contribution in [-0.4, -0.2) is 62.5 Å². The molecule has 1 amide bonds. The Morgan fingerprint density at radius 1 is 1.12 bits per heavy atom. The molecule has 1 rings (SSSR count). The fourth-order valence-electron chi connectivity index (χ4n) is 2.06. The molecule has 134 valence electrons. The van der Waals surface area contributed by atoms with Gasteiger partial charge in [-0.1, -0.05) is 6.92 Å². The van der Waals surface area contributed by atoms with Crippen molar-refractivity contribution in [1.82, 2.24) is 9.80 Å². The van der Waals surface area contributed by atoms with E-state index in [9.17, 15) is 22.8 Å². The summed E-state index contributed by atoms with van der Waals surface area (Å²) in [6.45, 7) is 2.16. The first kappa shape index (κ1) is 20.0. The second kappa shape index (κ2) is 8.68. The number of hydrogen-bond donors (Lipinski definition) is 0. The molecule has 0 aliphatic rings. The van der Waals surface area contributed by atoms with Crippen molar-refractivity contribution in [2.45, 2.75) is 6.92 Å². The van der Waals surface area contributed by atoms with Gasteiger partial charge in [-0.15, -0.1) is 0 Å². The lowest BCUT2D eigenvalue weighted by Crippen LogP contribution is -2.41. The van der Waals surface area contributed by atoms with E-state index in [1.165, 1.54) is 12.0 Å². The van der Waals surface area contributed by atoms with Crippen LogP contribution in [-0.2, 0) is 9.53 Å². The predicted octanol–water partition coefficient (Wildman–Crippen LogP) is 1.92. The zero-order chi connectivity index (χ0) is 18.4. The number of amides is 1. The Labute approximate surface area is 139 Å². The van der Waals surface area contributed by atoms with E-state index in [-0.39, 0.29) is 13.1 Å². The quantitative estimate of drug-likeness (QED) is 0.559. The van der Waals surface area contributed by atoms with Crippen molar-refractivity contribution in [3.05, 3.63) is 35.1 Å². The van der Waals surface area contributed by atoms with E-state index in [0.717, 1.165) is 6.07 Å². The molecule has 1 aromatic rings. The summed E-state index contributed by atoms with van der Waals surface area (Å²) in [4.78, 5) is 27.1. The highest BCUT2D eigenvalue weighted by Crippen LogP contribution is 2.18. The summed E-state index contributed by atoms with van der Waals surface area (Å²) in [6.07, 6.45) is 0. The summed E-state index contributed by atoms with van der Waals surface area (Å²) in [5, 5.41) is 0. The first-order valence-electron chi connectivity index (χ1n) is 7.34. The molecule has 0 spiro atoms. The zero-order valence-corrected chi connectivity index (χ0v) is 14.1. The molecule has 0 saturated carbocycles. The maximum absolute atomic E-state index is 13.9. The fourth-order valence-corrected chi connectivity index (χ4v) is 2.06. The monoisotopic (exact) mass is 346 g/mol. The highest BCUT2D eigenvalue weighted by Gasteiger charge is 2.26. The number of likely N-dealkylation sites (N-methyl/N-ethyl adjacent to an activating group) is 1. The molecule has 5 nitrogen and oxygen atoms in total. The average molecular weight is 346 g/mol. The van der Waals surface area contributed by atoms with Crippen LogP contribution in [0, 0.1) is 23.4 Å². The van der Waals surface area contributed by atoms with Gasteiger partial charge in [-0.05, 0) is 26.2 Å². The van der Waals surface area contributed by atoms with Crippen molar-refractivity contribution in [3.8, 4) is 0 Å². The summed E-state index contributed by atoms with van der Waals surface area (Å²) in [6, 6.07) is 1.58. The van der Waals surface area contributed by atoms with Crippen LogP contribution in [0.2, 0.25) is 0 Å². The number of methoxy groups -OCH3 is 1. The van der Waals surface area contributed by atoms with Crippen LogP contribution >= 0.6 is 0 Å². The van der Waals surface area contributed by atoms with Gasteiger partial charge in [-0.3, -0.25) is 9.59 Å². The van der Waals surface area contributed by atoms with Gasteiger partial charge in [0.25, 0.3) is 5.91 Å². The molecular weight excluding hydrogens is 325 g/mol. The number of rotatable bonds is 7. The van der Waals surface area contributed by atoms with Gasteiger partial charge >= 0.3 is 5.97 Å². The van der Waals surface area contributed by atoms with Crippen molar-refractivity contribution >= 4 is 11.9 Å². The standard InChI is InChI=1S/C16H21F3N2O3/c1-10(16(23)24-4)9-21(8-7-20(2)3)15(22)11-5-6-12(17)14(19)13(11)18/h5-6,10H,7-9H2,1-4H3. The van der Waals surface area contributed by atoms with Gasteiger partial charge in [0.05, 0.1) is 18.6 Å². The summed E-state index contributed by atoms with van der Waals surface area (Å²) in [5.41, 5.74) is -0.579. The van der Waals surface area contributed by atoms with Crippen LogP contribution < -0.4 is 0 Å². The Balaban J connectivity index is 3.06. The number of nitrogens with zero attached hydrogens (tertiary/aromatic N) is 2. The van der Waals surface area contributed by atoms with Crippen LogP contribution in [0.25, 0.3) is 0 Å². The third kappa shape index (κ3) is 4.95. The number of ether oxygens (including phenoxy) is 1. The minimum Gasteiger partial charge on any atom is -0.469 e. The molecule has 0 saturated heterocycles. The van der Waals surface area contributed by atoms with E-state index < -0.39 is 40.8 Å². The van der Waals surface area contributed by atoms with Crippen LogP contribution in [0.4, 0.5) is 13.2 Å². The van der Waals surface area contributed by atoms with Gasteiger partial charge in [0.1, 0.15) is 0 Å². The van der Waals surface area contributed by atoms with Gasteiger partial charge in [-0.2, -0.15) is 0 Å². The molecule has 8 heteroatoms. The van der Waals surface area contributed by atoms with Gasteiger partial charge in [0.15, 0.2) is 17.5 Å². The Morgan fingerprint density at radius 3 is 2.29 bits per heavy atom. The fraction of sp³-hybridized carbons (Fsp3) is 0.500. The molecule has 0 aromatic heterocycles. The molecule has 0 radical (unpaired) electrons. The molecule has 0 heterocycles. The van der Waals surface area contributed by atoms with Gasteiger partial charge in [-0.25, -0.2) is 13.2 Å². The van der Waals surface area contributed by atoms with Gasteiger partial charge in [0.2, 0.25) is 0 Å². The lowest BCUT2D eigenvalue weighted by molar-refractivity contribution is -0.145. The number of hydrogen-bond acceptors (Lipinski definition) is 4. The Kier molecular flexibility index (Phi) is 7.21. The average Bonchev–Trinajstić information content (AvgIpc) is 2.54. The van der Waals surface area contributed by atoms with Crippen LogP contribution in [0.1, 0.15) is 17.3 Å². The maximum atomic E-state index is 13.9.